The zero-order chi connectivity index (χ0) is 30.3. The Balaban J connectivity index is 2.08. The van der Waals surface area contributed by atoms with Crippen molar-refractivity contribution in [3.8, 4) is 11.5 Å². The number of carbonyl (C=O) groups is 3. The summed E-state index contributed by atoms with van der Waals surface area (Å²) in [6.07, 6.45) is -1.23. The number of Topliss-reactive ketones (excluding diaryl/α,β-unsaturated/α-hetero) is 1. The fourth-order valence-corrected chi connectivity index (χ4v) is 5.49. The molecule has 2 aromatic rings. The van der Waals surface area contributed by atoms with Gasteiger partial charge in [-0.2, -0.15) is 0 Å². The summed E-state index contributed by atoms with van der Waals surface area (Å²) in [7, 11) is 1.43. The van der Waals surface area contributed by atoms with Gasteiger partial charge in [-0.1, -0.05) is 36.2 Å². The highest BCUT2D eigenvalue weighted by atomic mass is 127. The van der Waals surface area contributed by atoms with Crippen LogP contribution in [-0.4, -0.2) is 76.3 Å². The van der Waals surface area contributed by atoms with Crippen LogP contribution >= 0.6 is 45.8 Å². The van der Waals surface area contributed by atoms with E-state index in [4.69, 9.17) is 32.7 Å². The summed E-state index contributed by atoms with van der Waals surface area (Å²) in [6.45, 7) is 0.924. The minimum Gasteiger partial charge on any atom is -0.493 e. The molecule has 13 heteroatoms. The fourth-order valence-electron chi connectivity index (χ4n) is 4.38. The second kappa shape index (κ2) is 15.2. The lowest BCUT2D eigenvalue weighted by molar-refractivity contribution is -0.149. The van der Waals surface area contributed by atoms with Gasteiger partial charge < -0.3 is 35.0 Å². The maximum absolute atomic E-state index is 13.4. The minimum atomic E-state index is -1.38. The zero-order valence-electron chi connectivity index (χ0n) is 22.4. The van der Waals surface area contributed by atoms with Crippen molar-refractivity contribution in [2.24, 2.45) is 0 Å². The van der Waals surface area contributed by atoms with Gasteiger partial charge in [-0.15, -0.1) is 0 Å². The SMILES string of the molecule is CCC(=O)C(=O)N(Cc1ccc(Cl)c(Cl)c1)[C@@H]1CC(C(=O)NCCO)=C[C@H](Oc2c(I)cc(CO)cc2OC)[C@H]1O. The Morgan fingerprint density at radius 3 is 2.46 bits per heavy atom. The first-order valence-electron chi connectivity index (χ1n) is 12.7. The molecule has 3 rings (SSSR count). The Morgan fingerprint density at radius 1 is 1.12 bits per heavy atom. The molecule has 2 amide bonds. The summed E-state index contributed by atoms with van der Waals surface area (Å²) >= 11 is 14.2. The highest BCUT2D eigenvalue weighted by Gasteiger charge is 2.42. The Kier molecular flexibility index (Phi) is 12.2. The van der Waals surface area contributed by atoms with Gasteiger partial charge in [0.05, 0.1) is 40.0 Å². The van der Waals surface area contributed by atoms with Gasteiger partial charge in [0.1, 0.15) is 12.2 Å². The number of nitrogens with one attached hydrogen (secondary N) is 1. The number of carbonyl (C=O) groups excluding carboxylic acids is 3. The summed E-state index contributed by atoms with van der Waals surface area (Å²) < 4.78 is 12.2. The molecule has 0 saturated carbocycles. The Hall–Kier alpha value is -2.42. The van der Waals surface area contributed by atoms with Crippen molar-refractivity contribution in [3.63, 3.8) is 0 Å². The number of aliphatic hydroxyl groups excluding tert-OH is 3. The molecule has 0 aliphatic heterocycles. The van der Waals surface area contributed by atoms with Crippen molar-refractivity contribution < 1.29 is 39.2 Å². The lowest BCUT2D eigenvalue weighted by Gasteiger charge is -2.40. The van der Waals surface area contributed by atoms with E-state index in [0.717, 1.165) is 0 Å². The van der Waals surface area contributed by atoms with Crippen LogP contribution in [0.5, 0.6) is 11.5 Å². The van der Waals surface area contributed by atoms with Gasteiger partial charge in [-0.05, 0) is 64.1 Å². The molecule has 0 saturated heterocycles. The van der Waals surface area contributed by atoms with Crippen LogP contribution in [0.15, 0.2) is 42.0 Å². The molecule has 2 aromatic carbocycles. The molecular formula is C28H31Cl2IN2O8. The van der Waals surface area contributed by atoms with Crippen LogP contribution in [0.3, 0.4) is 0 Å². The van der Waals surface area contributed by atoms with Gasteiger partial charge in [0.25, 0.3) is 5.91 Å². The summed E-state index contributed by atoms with van der Waals surface area (Å²) in [5.41, 5.74) is 1.32. The molecule has 0 aromatic heterocycles. The van der Waals surface area contributed by atoms with Gasteiger partial charge in [0, 0.05) is 31.5 Å². The van der Waals surface area contributed by atoms with E-state index in [1.165, 1.54) is 18.1 Å². The maximum atomic E-state index is 13.4. The van der Waals surface area contributed by atoms with Crippen LogP contribution in [0.25, 0.3) is 0 Å². The standard InChI is InChI=1S/C28H31Cl2IN2O8/c1-3-22(36)28(39)33(13-15-4-5-18(29)19(30)8-15)21-11-17(27(38)32-6-7-34)12-23(25(21)37)41-26-20(31)9-16(14-35)10-24(26)40-2/h4-5,8-10,12,21,23,25,34-35,37H,3,6-7,11,13-14H2,1-2H3,(H,32,38)/t21-,23+,25+/m1/s1. The highest BCUT2D eigenvalue weighted by molar-refractivity contribution is 14.1. The van der Waals surface area contributed by atoms with E-state index in [1.54, 1.807) is 37.3 Å². The molecule has 1 aliphatic carbocycles. The predicted molar refractivity (Wildman–Crippen MR) is 161 cm³/mol. The number of benzene rings is 2. The fraction of sp³-hybridized carbons (Fsp3) is 0.393. The van der Waals surface area contributed by atoms with Crippen LogP contribution in [0.1, 0.15) is 30.9 Å². The van der Waals surface area contributed by atoms with Crippen molar-refractivity contribution in [3.05, 3.63) is 66.7 Å². The first kappa shape index (κ1) is 33.1. The Labute approximate surface area is 261 Å². The Bertz CT molecular complexity index is 1320. The quantitative estimate of drug-likeness (QED) is 0.194. The maximum Gasteiger partial charge on any atom is 0.290 e. The monoisotopic (exact) mass is 720 g/mol. The third-order valence-corrected chi connectivity index (χ3v) is 8.04. The average molecular weight is 721 g/mol. The molecule has 222 valence electrons. The number of ether oxygens (including phenoxy) is 2. The van der Waals surface area contributed by atoms with Crippen LogP contribution in [0.2, 0.25) is 10.0 Å². The van der Waals surface area contributed by atoms with Gasteiger partial charge in [-0.3, -0.25) is 14.4 Å². The van der Waals surface area contributed by atoms with E-state index in [1.807, 2.05) is 22.6 Å². The topological polar surface area (TPSA) is 146 Å². The summed E-state index contributed by atoms with van der Waals surface area (Å²) in [5.74, 6) is -1.48. The largest absolute Gasteiger partial charge is 0.493 e. The molecular weight excluding hydrogens is 690 g/mol. The molecule has 1 aliphatic rings. The number of methoxy groups -OCH3 is 1. The normalized spacial score (nSPS) is 18.3. The molecule has 10 nitrogen and oxygen atoms in total. The van der Waals surface area contributed by atoms with E-state index in [-0.39, 0.29) is 55.5 Å². The van der Waals surface area contributed by atoms with E-state index in [9.17, 15) is 29.7 Å². The second-order valence-corrected chi connectivity index (χ2v) is 11.2. The molecule has 0 bridgehead atoms. The van der Waals surface area contributed by atoms with Gasteiger partial charge >= 0.3 is 0 Å². The van der Waals surface area contributed by atoms with Crippen LogP contribution in [-0.2, 0) is 27.5 Å². The number of amides is 2. The van der Waals surface area contributed by atoms with Crippen LogP contribution in [0, 0.1) is 3.57 Å². The van der Waals surface area contributed by atoms with Crippen molar-refractivity contribution >= 4 is 63.4 Å². The predicted octanol–water partition coefficient (Wildman–Crippen LogP) is 3.02. The van der Waals surface area contributed by atoms with Crippen molar-refractivity contribution in [2.45, 2.75) is 51.2 Å². The molecule has 0 unspecified atom stereocenters. The molecule has 0 fully saturated rings. The van der Waals surface area contributed by atoms with Crippen LogP contribution in [0.4, 0.5) is 0 Å². The van der Waals surface area contributed by atoms with Crippen molar-refractivity contribution in [1.82, 2.24) is 10.2 Å². The van der Waals surface area contributed by atoms with E-state index < -0.39 is 35.8 Å². The molecule has 0 radical (unpaired) electrons. The first-order valence-corrected chi connectivity index (χ1v) is 14.6. The average Bonchev–Trinajstić information content (AvgIpc) is 2.97. The highest BCUT2D eigenvalue weighted by Crippen LogP contribution is 2.37. The number of nitrogens with zero attached hydrogens (tertiary/aromatic N) is 1. The summed E-state index contributed by atoms with van der Waals surface area (Å²) in [6, 6.07) is 6.98. The van der Waals surface area contributed by atoms with E-state index in [0.29, 0.717) is 25.5 Å². The Morgan fingerprint density at radius 2 is 1.85 bits per heavy atom. The minimum absolute atomic E-state index is 0.0104. The second-order valence-electron chi connectivity index (χ2n) is 9.24. The van der Waals surface area contributed by atoms with E-state index in [2.05, 4.69) is 5.32 Å². The molecule has 0 spiro atoms. The lowest BCUT2D eigenvalue weighted by Crippen LogP contribution is -2.56. The number of aliphatic hydroxyl groups is 3. The number of hydrogen-bond donors (Lipinski definition) is 4. The summed E-state index contributed by atoms with van der Waals surface area (Å²) in [5, 5.41) is 33.5. The number of halogens is 3. The lowest BCUT2D eigenvalue weighted by atomic mass is 9.87. The van der Waals surface area contributed by atoms with Gasteiger partial charge in [0.2, 0.25) is 11.7 Å². The zero-order valence-corrected chi connectivity index (χ0v) is 26.1. The van der Waals surface area contributed by atoms with E-state index >= 15 is 0 Å². The number of hydrogen-bond acceptors (Lipinski definition) is 8. The number of rotatable bonds is 12. The third kappa shape index (κ3) is 8.11. The first-order chi connectivity index (χ1) is 19.5. The van der Waals surface area contributed by atoms with Crippen molar-refractivity contribution in [2.75, 3.05) is 20.3 Å². The third-order valence-electron chi connectivity index (χ3n) is 6.50. The van der Waals surface area contributed by atoms with Crippen molar-refractivity contribution in [1.29, 1.82) is 0 Å². The van der Waals surface area contributed by atoms with Crippen LogP contribution < -0.4 is 14.8 Å². The molecule has 4 N–H and O–H groups in total. The summed E-state index contributed by atoms with van der Waals surface area (Å²) in [4.78, 5) is 40.2. The number of ketones is 1. The molecule has 3 atom stereocenters. The van der Waals surface area contributed by atoms with Gasteiger partial charge in [0.15, 0.2) is 11.5 Å². The van der Waals surface area contributed by atoms with Gasteiger partial charge in [-0.25, -0.2) is 0 Å². The molecule has 0 heterocycles. The molecule has 41 heavy (non-hydrogen) atoms. The smallest absolute Gasteiger partial charge is 0.290 e.